The SMILES string of the molecule is CC(=O)N(CC(=O)N(Cc1ccccc1)C(C)C)c1cc(Cl)ccc1Cl. The molecule has 0 spiro atoms. The topological polar surface area (TPSA) is 40.6 Å². The van der Waals surface area contributed by atoms with Gasteiger partial charge in [-0.2, -0.15) is 0 Å². The lowest BCUT2D eigenvalue weighted by atomic mass is 10.2. The Balaban J connectivity index is 2.24. The summed E-state index contributed by atoms with van der Waals surface area (Å²) in [5, 5.41) is 0.824. The molecule has 0 aliphatic carbocycles. The Morgan fingerprint density at radius 3 is 2.27 bits per heavy atom. The summed E-state index contributed by atoms with van der Waals surface area (Å²) in [6.07, 6.45) is 0. The van der Waals surface area contributed by atoms with E-state index in [1.807, 2.05) is 44.2 Å². The second-order valence-electron chi connectivity index (χ2n) is 6.30. The zero-order chi connectivity index (χ0) is 19.3. The van der Waals surface area contributed by atoms with E-state index in [-0.39, 0.29) is 24.4 Å². The van der Waals surface area contributed by atoms with Crippen molar-refractivity contribution >= 4 is 40.7 Å². The van der Waals surface area contributed by atoms with Gasteiger partial charge in [-0.15, -0.1) is 0 Å². The van der Waals surface area contributed by atoms with Crippen LogP contribution in [0.25, 0.3) is 0 Å². The van der Waals surface area contributed by atoms with Crippen LogP contribution in [0.1, 0.15) is 26.3 Å². The number of hydrogen-bond donors (Lipinski definition) is 0. The van der Waals surface area contributed by atoms with E-state index in [2.05, 4.69) is 0 Å². The van der Waals surface area contributed by atoms with Crippen molar-refractivity contribution in [3.63, 3.8) is 0 Å². The molecule has 2 rings (SSSR count). The molecule has 4 nitrogen and oxygen atoms in total. The molecule has 2 aromatic rings. The van der Waals surface area contributed by atoms with E-state index in [1.54, 1.807) is 23.1 Å². The van der Waals surface area contributed by atoms with Gasteiger partial charge in [-0.1, -0.05) is 53.5 Å². The molecule has 0 unspecified atom stereocenters. The minimum absolute atomic E-state index is 0.00801. The highest BCUT2D eigenvalue weighted by molar-refractivity contribution is 6.35. The van der Waals surface area contributed by atoms with Crippen molar-refractivity contribution < 1.29 is 9.59 Å². The van der Waals surface area contributed by atoms with Crippen LogP contribution >= 0.6 is 23.2 Å². The lowest BCUT2D eigenvalue weighted by Gasteiger charge is -2.30. The van der Waals surface area contributed by atoms with Crippen molar-refractivity contribution in [2.24, 2.45) is 0 Å². The van der Waals surface area contributed by atoms with Crippen LogP contribution in [0.2, 0.25) is 10.0 Å². The number of halogens is 2. The molecule has 26 heavy (non-hydrogen) atoms. The maximum atomic E-state index is 12.9. The van der Waals surface area contributed by atoms with Crippen molar-refractivity contribution in [3.8, 4) is 0 Å². The number of rotatable bonds is 6. The molecule has 6 heteroatoms. The summed E-state index contributed by atoms with van der Waals surface area (Å²) < 4.78 is 0. The van der Waals surface area contributed by atoms with Crippen molar-refractivity contribution in [2.45, 2.75) is 33.4 Å². The molecule has 0 atom stereocenters. The fraction of sp³-hybridized carbons (Fsp3) is 0.300. The molecule has 0 N–H and O–H groups in total. The molecule has 0 heterocycles. The normalized spacial score (nSPS) is 10.7. The zero-order valence-electron chi connectivity index (χ0n) is 15.1. The molecule has 0 aliphatic heterocycles. The van der Waals surface area contributed by atoms with Gasteiger partial charge in [0.1, 0.15) is 6.54 Å². The van der Waals surface area contributed by atoms with Crippen molar-refractivity contribution in [1.82, 2.24) is 4.90 Å². The Morgan fingerprint density at radius 1 is 1.04 bits per heavy atom. The zero-order valence-corrected chi connectivity index (χ0v) is 16.6. The Kier molecular flexibility index (Phi) is 7.06. The molecule has 0 fully saturated rings. The van der Waals surface area contributed by atoms with Crippen molar-refractivity contribution in [2.75, 3.05) is 11.4 Å². The predicted octanol–water partition coefficient (Wildman–Crippen LogP) is 4.78. The standard InChI is InChI=1S/C20H22Cl2N2O2/c1-14(2)23(12-16-7-5-4-6-8-16)20(26)13-24(15(3)25)19-11-17(21)9-10-18(19)22/h4-11,14H,12-13H2,1-3H3. The molecule has 0 aliphatic rings. The molecule has 0 saturated heterocycles. The quantitative estimate of drug-likeness (QED) is 0.709. The molecule has 0 saturated carbocycles. The second kappa shape index (κ2) is 9.06. The molecule has 0 radical (unpaired) electrons. The van der Waals surface area contributed by atoms with E-state index in [4.69, 9.17) is 23.2 Å². The first kappa shape index (κ1) is 20.3. The molecule has 2 aromatic carbocycles. The third kappa shape index (κ3) is 5.23. The van der Waals surface area contributed by atoms with Gasteiger partial charge >= 0.3 is 0 Å². The summed E-state index contributed by atoms with van der Waals surface area (Å²) in [4.78, 5) is 28.2. The molecule has 138 valence electrons. The van der Waals surface area contributed by atoms with Gasteiger partial charge in [-0.3, -0.25) is 9.59 Å². The Morgan fingerprint density at radius 2 is 1.69 bits per heavy atom. The van der Waals surface area contributed by atoms with Crippen LogP contribution in [0.3, 0.4) is 0 Å². The number of carbonyl (C=O) groups excluding carboxylic acids is 2. The van der Waals surface area contributed by atoms with Crippen LogP contribution in [0.15, 0.2) is 48.5 Å². The van der Waals surface area contributed by atoms with Gasteiger partial charge in [0.25, 0.3) is 0 Å². The maximum Gasteiger partial charge on any atom is 0.243 e. The smallest absolute Gasteiger partial charge is 0.243 e. The second-order valence-corrected chi connectivity index (χ2v) is 7.15. The van der Waals surface area contributed by atoms with Crippen LogP contribution in [0, 0.1) is 0 Å². The molecule has 0 bridgehead atoms. The van der Waals surface area contributed by atoms with Gasteiger partial charge < -0.3 is 9.80 Å². The Bertz CT molecular complexity index is 779. The van der Waals surface area contributed by atoms with Crippen LogP contribution < -0.4 is 4.90 Å². The van der Waals surface area contributed by atoms with Gasteiger partial charge in [0.2, 0.25) is 11.8 Å². The maximum absolute atomic E-state index is 12.9. The third-order valence-corrected chi connectivity index (χ3v) is 4.57. The fourth-order valence-corrected chi connectivity index (χ4v) is 3.01. The number of hydrogen-bond acceptors (Lipinski definition) is 2. The monoisotopic (exact) mass is 392 g/mol. The van der Waals surface area contributed by atoms with Gasteiger partial charge in [0.15, 0.2) is 0 Å². The van der Waals surface area contributed by atoms with Crippen LogP contribution in [-0.2, 0) is 16.1 Å². The first-order chi connectivity index (χ1) is 12.3. The van der Waals surface area contributed by atoms with E-state index in [0.717, 1.165) is 5.56 Å². The van der Waals surface area contributed by atoms with Gasteiger partial charge in [0, 0.05) is 24.5 Å². The number of anilines is 1. The van der Waals surface area contributed by atoms with Gasteiger partial charge in [-0.05, 0) is 37.6 Å². The number of nitrogens with zero attached hydrogens (tertiary/aromatic N) is 2. The summed E-state index contributed by atoms with van der Waals surface area (Å²) in [6.45, 7) is 5.69. The van der Waals surface area contributed by atoms with E-state index in [9.17, 15) is 9.59 Å². The summed E-state index contributed by atoms with van der Waals surface area (Å²) >= 11 is 12.2. The Hall–Kier alpha value is -2.04. The molecule has 0 aromatic heterocycles. The number of amides is 2. The lowest BCUT2D eigenvalue weighted by molar-refractivity contribution is -0.133. The van der Waals surface area contributed by atoms with Crippen LogP contribution in [0.5, 0.6) is 0 Å². The summed E-state index contributed by atoms with van der Waals surface area (Å²) in [5.41, 5.74) is 1.47. The summed E-state index contributed by atoms with van der Waals surface area (Å²) in [7, 11) is 0. The average molecular weight is 393 g/mol. The van der Waals surface area contributed by atoms with E-state index in [0.29, 0.717) is 22.3 Å². The Labute approximate surface area is 164 Å². The van der Waals surface area contributed by atoms with Crippen molar-refractivity contribution in [3.05, 3.63) is 64.1 Å². The molecule has 2 amide bonds. The lowest BCUT2D eigenvalue weighted by Crippen LogP contribution is -2.45. The first-order valence-corrected chi connectivity index (χ1v) is 9.11. The summed E-state index contributed by atoms with van der Waals surface area (Å²) in [6, 6.07) is 14.6. The number of benzene rings is 2. The fourth-order valence-electron chi connectivity index (χ4n) is 2.62. The first-order valence-electron chi connectivity index (χ1n) is 8.36. The molecular weight excluding hydrogens is 371 g/mol. The van der Waals surface area contributed by atoms with E-state index < -0.39 is 0 Å². The highest BCUT2D eigenvalue weighted by Gasteiger charge is 2.24. The highest BCUT2D eigenvalue weighted by Crippen LogP contribution is 2.29. The van der Waals surface area contributed by atoms with Gasteiger partial charge in [0.05, 0.1) is 10.7 Å². The van der Waals surface area contributed by atoms with Crippen LogP contribution in [0.4, 0.5) is 5.69 Å². The van der Waals surface area contributed by atoms with E-state index >= 15 is 0 Å². The van der Waals surface area contributed by atoms with Gasteiger partial charge in [-0.25, -0.2) is 0 Å². The highest BCUT2D eigenvalue weighted by atomic mass is 35.5. The minimum Gasteiger partial charge on any atom is -0.334 e. The minimum atomic E-state index is -0.272. The third-order valence-electron chi connectivity index (χ3n) is 4.01. The average Bonchev–Trinajstić information content (AvgIpc) is 2.60. The van der Waals surface area contributed by atoms with Crippen molar-refractivity contribution in [1.29, 1.82) is 0 Å². The summed E-state index contributed by atoms with van der Waals surface area (Å²) in [5.74, 6) is -0.430. The number of carbonyl (C=O) groups is 2. The molecular formula is C20H22Cl2N2O2. The van der Waals surface area contributed by atoms with Crippen LogP contribution in [-0.4, -0.2) is 29.3 Å². The predicted molar refractivity (Wildman–Crippen MR) is 107 cm³/mol. The largest absolute Gasteiger partial charge is 0.334 e. The van der Waals surface area contributed by atoms with E-state index in [1.165, 1.54) is 11.8 Å².